The molecule has 1 N–H and O–H groups in total. The molecule has 0 spiro atoms. The zero-order valence-electron chi connectivity index (χ0n) is 11.0. The van der Waals surface area contributed by atoms with Crippen LogP contribution in [0.2, 0.25) is 0 Å². The van der Waals surface area contributed by atoms with Crippen LogP contribution < -0.4 is 5.32 Å². The number of aryl methyl sites for hydroxylation is 2. The Kier molecular flexibility index (Phi) is 4.40. The molecule has 1 nitrogen and oxygen atoms in total. The van der Waals surface area contributed by atoms with Gasteiger partial charge in [0.15, 0.2) is 0 Å². The van der Waals surface area contributed by atoms with Crippen molar-refractivity contribution in [2.24, 2.45) is 0 Å². The van der Waals surface area contributed by atoms with Crippen LogP contribution in [0, 0.1) is 17.4 Å². The second-order valence-electron chi connectivity index (χ2n) is 4.63. The number of benzene rings is 2. The molecule has 0 aliphatic carbocycles. The van der Waals surface area contributed by atoms with Crippen molar-refractivity contribution in [3.05, 3.63) is 68.3 Å². The number of rotatable bonds is 3. The molecule has 0 heterocycles. The van der Waals surface area contributed by atoms with Crippen molar-refractivity contribution in [2.45, 2.75) is 19.9 Å². The molecule has 0 radical (unpaired) electrons. The lowest BCUT2D eigenvalue weighted by molar-refractivity contribution is 0.687. The van der Waals surface area contributed by atoms with Crippen LogP contribution in [-0.4, -0.2) is 7.05 Å². The van der Waals surface area contributed by atoms with Crippen molar-refractivity contribution < 1.29 is 0 Å². The maximum atomic E-state index is 3.41. The Morgan fingerprint density at radius 2 is 1.67 bits per heavy atom. The highest BCUT2D eigenvalue weighted by Gasteiger charge is 2.13. The van der Waals surface area contributed by atoms with Crippen LogP contribution in [0.5, 0.6) is 0 Å². The van der Waals surface area contributed by atoms with E-state index in [9.17, 15) is 0 Å². The van der Waals surface area contributed by atoms with Gasteiger partial charge in [0.1, 0.15) is 0 Å². The second-order valence-corrected chi connectivity index (χ2v) is 5.88. The minimum absolute atomic E-state index is 0.266. The zero-order valence-corrected chi connectivity index (χ0v) is 13.2. The van der Waals surface area contributed by atoms with E-state index in [4.69, 9.17) is 0 Å². The van der Waals surface area contributed by atoms with Gasteiger partial charge in [-0.1, -0.05) is 35.9 Å². The lowest BCUT2D eigenvalue weighted by atomic mass is 9.94. The molecule has 0 bridgehead atoms. The van der Waals surface area contributed by atoms with E-state index >= 15 is 0 Å². The first-order valence-corrected chi connectivity index (χ1v) is 7.19. The lowest BCUT2D eigenvalue weighted by Crippen LogP contribution is -2.18. The minimum atomic E-state index is 0.266. The summed E-state index contributed by atoms with van der Waals surface area (Å²) in [7, 11) is 2.02. The van der Waals surface area contributed by atoms with Crippen LogP contribution >= 0.6 is 22.6 Å². The monoisotopic (exact) mass is 351 g/mol. The second kappa shape index (κ2) is 5.85. The minimum Gasteiger partial charge on any atom is -0.309 e. The molecule has 2 rings (SSSR count). The molecule has 2 heteroatoms. The molecular weight excluding hydrogens is 333 g/mol. The van der Waals surface area contributed by atoms with E-state index in [1.54, 1.807) is 0 Å². The van der Waals surface area contributed by atoms with Gasteiger partial charge in [0.2, 0.25) is 0 Å². The number of hydrogen-bond donors (Lipinski definition) is 1. The van der Waals surface area contributed by atoms with Crippen LogP contribution in [0.1, 0.15) is 28.3 Å². The van der Waals surface area contributed by atoms with Crippen molar-refractivity contribution in [1.29, 1.82) is 0 Å². The first kappa shape index (κ1) is 13.6. The highest BCUT2D eigenvalue weighted by atomic mass is 127. The molecule has 0 fully saturated rings. The van der Waals surface area contributed by atoms with Crippen molar-refractivity contribution in [3.63, 3.8) is 0 Å². The van der Waals surface area contributed by atoms with Crippen LogP contribution in [0.4, 0.5) is 0 Å². The third kappa shape index (κ3) is 2.93. The van der Waals surface area contributed by atoms with E-state index in [2.05, 4.69) is 84.2 Å². The zero-order chi connectivity index (χ0) is 13.1. The van der Waals surface area contributed by atoms with E-state index < -0.39 is 0 Å². The van der Waals surface area contributed by atoms with Gasteiger partial charge in [-0.05, 0) is 72.3 Å². The molecule has 0 amide bonds. The first-order valence-electron chi connectivity index (χ1n) is 6.11. The molecule has 2 aromatic carbocycles. The van der Waals surface area contributed by atoms with Crippen molar-refractivity contribution in [1.82, 2.24) is 5.32 Å². The third-order valence-corrected chi connectivity index (χ3v) is 3.95. The summed E-state index contributed by atoms with van der Waals surface area (Å²) in [5.74, 6) is 0. The molecule has 0 aliphatic heterocycles. The van der Waals surface area contributed by atoms with Gasteiger partial charge >= 0.3 is 0 Å². The average molecular weight is 351 g/mol. The highest BCUT2D eigenvalue weighted by Crippen LogP contribution is 2.25. The smallest absolute Gasteiger partial charge is 0.0576 e. The van der Waals surface area contributed by atoms with Crippen LogP contribution in [0.25, 0.3) is 0 Å². The van der Waals surface area contributed by atoms with Crippen LogP contribution in [0.15, 0.2) is 42.5 Å². The van der Waals surface area contributed by atoms with E-state index in [0.29, 0.717) is 0 Å². The normalized spacial score (nSPS) is 12.4. The maximum Gasteiger partial charge on any atom is 0.0576 e. The van der Waals surface area contributed by atoms with E-state index in [1.807, 2.05) is 7.05 Å². The average Bonchev–Trinajstić information content (AvgIpc) is 2.35. The standard InChI is InChI=1S/C16H18IN/c1-11-4-9-15(12(2)10-11)16(18-3)13-5-7-14(17)8-6-13/h4-10,16,18H,1-3H3. The molecule has 0 saturated heterocycles. The molecule has 94 valence electrons. The summed E-state index contributed by atoms with van der Waals surface area (Å²) >= 11 is 2.34. The van der Waals surface area contributed by atoms with Gasteiger partial charge in [0, 0.05) is 3.57 Å². The Balaban J connectivity index is 2.41. The molecule has 18 heavy (non-hydrogen) atoms. The fraction of sp³-hybridized carbons (Fsp3) is 0.250. The summed E-state index contributed by atoms with van der Waals surface area (Å²) < 4.78 is 1.27. The molecule has 0 aromatic heterocycles. The van der Waals surface area contributed by atoms with Gasteiger partial charge in [-0.3, -0.25) is 0 Å². The Morgan fingerprint density at radius 3 is 2.22 bits per heavy atom. The van der Waals surface area contributed by atoms with E-state index in [-0.39, 0.29) is 6.04 Å². The Morgan fingerprint density at radius 1 is 1.00 bits per heavy atom. The number of nitrogens with one attached hydrogen (secondary N) is 1. The van der Waals surface area contributed by atoms with Crippen LogP contribution in [-0.2, 0) is 0 Å². The van der Waals surface area contributed by atoms with Gasteiger partial charge < -0.3 is 5.32 Å². The van der Waals surface area contributed by atoms with Gasteiger partial charge in [-0.25, -0.2) is 0 Å². The molecule has 0 aliphatic rings. The molecule has 2 aromatic rings. The van der Waals surface area contributed by atoms with Crippen molar-refractivity contribution in [2.75, 3.05) is 7.05 Å². The SMILES string of the molecule is CNC(c1ccc(I)cc1)c1ccc(C)cc1C. The summed E-state index contributed by atoms with van der Waals surface area (Å²) in [6.45, 7) is 4.31. The Bertz CT molecular complexity index is 531. The van der Waals surface area contributed by atoms with Gasteiger partial charge in [-0.15, -0.1) is 0 Å². The van der Waals surface area contributed by atoms with Gasteiger partial charge in [-0.2, -0.15) is 0 Å². The molecular formula is C16H18IN. The Labute approximate surface area is 123 Å². The van der Waals surface area contributed by atoms with E-state index in [0.717, 1.165) is 0 Å². The number of hydrogen-bond acceptors (Lipinski definition) is 1. The molecule has 0 saturated carbocycles. The van der Waals surface area contributed by atoms with Gasteiger partial charge in [0.25, 0.3) is 0 Å². The summed E-state index contributed by atoms with van der Waals surface area (Å²) in [5, 5.41) is 3.41. The fourth-order valence-electron chi connectivity index (χ4n) is 2.31. The van der Waals surface area contributed by atoms with Crippen LogP contribution in [0.3, 0.4) is 0 Å². The van der Waals surface area contributed by atoms with Gasteiger partial charge in [0.05, 0.1) is 6.04 Å². The summed E-state index contributed by atoms with van der Waals surface area (Å²) in [4.78, 5) is 0. The molecule has 1 unspecified atom stereocenters. The topological polar surface area (TPSA) is 12.0 Å². The summed E-state index contributed by atoms with van der Waals surface area (Å²) in [5.41, 5.74) is 5.32. The predicted molar refractivity (Wildman–Crippen MR) is 86.0 cm³/mol. The van der Waals surface area contributed by atoms with Crippen molar-refractivity contribution in [3.8, 4) is 0 Å². The Hall–Kier alpha value is -0.870. The lowest BCUT2D eigenvalue weighted by Gasteiger charge is -2.20. The quantitative estimate of drug-likeness (QED) is 0.817. The third-order valence-electron chi connectivity index (χ3n) is 3.23. The summed E-state index contributed by atoms with van der Waals surface area (Å²) in [6.07, 6.45) is 0. The molecule has 1 atom stereocenters. The number of halogens is 1. The fourth-order valence-corrected chi connectivity index (χ4v) is 2.67. The predicted octanol–water partition coefficient (Wildman–Crippen LogP) is 4.22. The van der Waals surface area contributed by atoms with Crippen molar-refractivity contribution >= 4 is 22.6 Å². The highest BCUT2D eigenvalue weighted by molar-refractivity contribution is 14.1. The summed E-state index contributed by atoms with van der Waals surface area (Å²) in [6, 6.07) is 15.6. The maximum absolute atomic E-state index is 3.41. The first-order chi connectivity index (χ1) is 8.61. The largest absolute Gasteiger partial charge is 0.309 e. The van der Waals surface area contributed by atoms with E-state index in [1.165, 1.54) is 25.8 Å².